The number of carboxylic acids is 1. The number of hydrogen-bond acceptors (Lipinski definition) is 3. The van der Waals surface area contributed by atoms with Gasteiger partial charge in [-0.2, -0.15) is 0 Å². The first-order valence-electron chi connectivity index (χ1n) is 3.79. The van der Waals surface area contributed by atoms with Crippen LogP contribution in [0.25, 0.3) is 0 Å². The highest BCUT2D eigenvalue weighted by Crippen LogP contribution is 1.87. The highest BCUT2D eigenvalue weighted by atomic mass is 16.5. The second-order valence-electron chi connectivity index (χ2n) is 2.24. The van der Waals surface area contributed by atoms with Crippen molar-refractivity contribution in [2.75, 3.05) is 13.2 Å². The summed E-state index contributed by atoms with van der Waals surface area (Å²) in [6.07, 6.45) is 1.05. The van der Waals surface area contributed by atoms with E-state index in [2.05, 4.69) is 10.1 Å². The zero-order valence-corrected chi connectivity index (χ0v) is 7.00. The van der Waals surface area contributed by atoms with Crippen molar-refractivity contribution in [2.45, 2.75) is 19.8 Å². The maximum absolute atomic E-state index is 10.6. The summed E-state index contributed by atoms with van der Waals surface area (Å²) in [5, 5.41) is 10.2. The van der Waals surface area contributed by atoms with Crippen LogP contribution >= 0.6 is 0 Å². The number of unbranched alkanes of at least 4 members (excludes halogenated alkanes) is 1. The Bertz CT molecular complexity index is 157. The predicted molar refractivity (Wildman–Crippen MR) is 41.9 cm³/mol. The summed E-state index contributed by atoms with van der Waals surface area (Å²) in [5.41, 5.74) is 0. The molecule has 5 heteroatoms. The molecule has 5 nitrogen and oxygen atoms in total. The van der Waals surface area contributed by atoms with E-state index < -0.39 is 18.6 Å². The summed E-state index contributed by atoms with van der Waals surface area (Å²) in [6.45, 7) is 1.91. The van der Waals surface area contributed by atoms with Gasteiger partial charge in [-0.3, -0.25) is 4.79 Å². The third-order valence-corrected chi connectivity index (χ3v) is 1.11. The van der Waals surface area contributed by atoms with Crippen molar-refractivity contribution in [2.24, 2.45) is 0 Å². The monoisotopic (exact) mass is 175 g/mol. The van der Waals surface area contributed by atoms with E-state index in [1.807, 2.05) is 6.92 Å². The first-order valence-corrected chi connectivity index (χ1v) is 3.79. The Labute approximate surface area is 70.7 Å². The number of carbonyl (C=O) groups is 2. The topological polar surface area (TPSA) is 75.6 Å². The number of amides is 1. The van der Waals surface area contributed by atoms with Crippen LogP contribution in [0.2, 0.25) is 0 Å². The Morgan fingerprint density at radius 1 is 1.50 bits per heavy atom. The van der Waals surface area contributed by atoms with E-state index in [0.717, 1.165) is 12.8 Å². The molecule has 1 amide bonds. The largest absolute Gasteiger partial charge is 0.480 e. The summed E-state index contributed by atoms with van der Waals surface area (Å²) >= 11 is 0. The molecule has 0 unspecified atom stereocenters. The molecule has 0 atom stereocenters. The number of hydrogen-bond donors (Lipinski definition) is 2. The number of carbonyl (C=O) groups excluding carboxylic acids is 1. The Balaban J connectivity index is 3.28. The lowest BCUT2D eigenvalue weighted by atomic mass is 10.4. The van der Waals surface area contributed by atoms with E-state index >= 15 is 0 Å². The third kappa shape index (κ3) is 6.85. The quantitative estimate of drug-likeness (QED) is 0.600. The Hall–Kier alpha value is -1.26. The molecule has 0 aromatic heterocycles. The maximum atomic E-state index is 10.6. The van der Waals surface area contributed by atoms with Crippen molar-refractivity contribution < 1.29 is 19.4 Å². The van der Waals surface area contributed by atoms with Gasteiger partial charge in [-0.1, -0.05) is 13.3 Å². The van der Waals surface area contributed by atoms with Crippen molar-refractivity contribution in [1.29, 1.82) is 0 Å². The zero-order chi connectivity index (χ0) is 9.40. The molecular formula is C7H13NO4. The van der Waals surface area contributed by atoms with Gasteiger partial charge in [0.15, 0.2) is 0 Å². The van der Waals surface area contributed by atoms with Crippen molar-refractivity contribution >= 4 is 12.1 Å². The molecule has 0 aromatic rings. The number of nitrogens with one attached hydrogen (secondary N) is 1. The van der Waals surface area contributed by atoms with Crippen molar-refractivity contribution in [3.8, 4) is 0 Å². The first-order chi connectivity index (χ1) is 5.66. The van der Waals surface area contributed by atoms with Crippen LogP contribution in [0.15, 0.2) is 0 Å². The lowest BCUT2D eigenvalue weighted by Gasteiger charge is -2.03. The van der Waals surface area contributed by atoms with Gasteiger partial charge in [0.2, 0.25) is 0 Å². The molecule has 0 heterocycles. The van der Waals surface area contributed by atoms with Crippen LogP contribution in [-0.4, -0.2) is 30.3 Å². The Morgan fingerprint density at radius 3 is 2.67 bits per heavy atom. The molecule has 0 fully saturated rings. The molecule has 0 aromatic carbocycles. The number of rotatable bonds is 5. The fourth-order valence-corrected chi connectivity index (χ4v) is 0.508. The van der Waals surface area contributed by atoms with Crippen LogP contribution in [0.3, 0.4) is 0 Å². The molecule has 2 N–H and O–H groups in total. The van der Waals surface area contributed by atoms with Crippen LogP contribution in [0.1, 0.15) is 19.8 Å². The van der Waals surface area contributed by atoms with E-state index in [0.29, 0.717) is 6.61 Å². The standard InChI is InChI=1S/C7H13NO4/c1-2-3-4-12-7(11)8-5-6(9)10/h2-5H2,1H3,(H,8,11)(H,9,10). The highest BCUT2D eigenvalue weighted by molar-refractivity contribution is 5.76. The molecule has 0 aliphatic rings. The summed E-state index contributed by atoms with van der Waals surface area (Å²) in [4.78, 5) is 20.6. The van der Waals surface area contributed by atoms with Gasteiger partial charge in [0.05, 0.1) is 6.61 Å². The molecule has 0 rings (SSSR count). The van der Waals surface area contributed by atoms with Gasteiger partial charge in [0.1, 0.15) is 6.54 Å². The molecule has 0 spiro atoms. The van der Waals surface area contributed by atoms with Gasteiger partial charge in [0, 0.05) is 0 Å². The van der Waals surface area contributed by atoms with Crippen molar-refractivity contribution in [3.05, 3.63) is 0 Å². The second kappa shape index (κ2) is 6.45. The van der Waals surface area contributed by atoms with E-state index in [1.165, 1.54) is 0 Å². The predicted octanol–water partition coefficient (Wildman–Crippen LogP) is 0.597. The lowest BCUT2D eigenvalue weighted by Crippen LogP contribution is -2.30. The van der Waals surface area contributed by atoms with Gasteiger partial charge in [0.25, 0.3) is 0 Å². The molecule has 0 aliphatic heterocycles. The fourth-order valence-electron chi connectivity index (χ4n) is 0.508. The average molecular weight is 175 g/mol. The van der Waals surface area contributed by atoms with Crippen molar-refractivity contribution in [3.63, 3.8) is 0 Å². The van der Waals surface area contributed by atoms with Crippen LogP contribution in [0.5, 0.6) is 0 Å². The van der Waals surface area contributed by atoms with E-state index in [-0.39, 0.29) is 0 Å². The normalized spacial score (nSPS) is 9.08. The maximum Gasteiger partial charge on any atom is 0.407 e. The molecule has 12 heavy (non-hydrogen) atoms. The molecule has 0 aliphatic carbocycles. The van der Waals surface area contributed by atoms with E-state index in [9.17, 15) is 9.59 Å². The summed E-state index contributed by atoms with van der Waals surface area (Å²) in [5.74, 6) is -1.08. The summed E-state index contributed by atoms with van der Waals surface area (Å²) < 4.78 is 4.62. The molecule has 0 saturated carbocycles. The van der Waals surface area contributed by atoms with Crippen LogP contribution < -0.4 is 5.32 Å². The lowest BCUT2D eigenvalue weighted by molar-refractivity contribution is -0.135. The highest BCUT2D eigenvalue weighted by Gasteiger charge is 2.02. The minimum absolute atomic E-state index is 0.335. The second-order valence-corrected chi connectivity index (χ2v) is 2.24. The zero-order valence-electron chi connectivity index (χ0n) is 7.00. The minimum atomic E-state index is -1.08. The minimum Gasteiger partial charge on any atom is -0.480 e. The Kier molecular flexibility index (Phi) is 5.77. The van der Waals surface area contributed by atoms with Crippen molar-refractivity contribution in [1.82, 2.24) is 5.32 Å². The van der Waals surface area contributed by atoms with Gasteiger partial charge in [-0.25, -0.2) is 4.79 Å². The van der Waals surface area contributed by atoms with Gasteiger partial charge in [-0.15, -0.1) is 0 Å². The summed E-state index contributed by atoms with van der Waals surface area (Å²) in [6, 6.07) is 0. The van der Waals surface area contributed by atoms with Crippen LogP contribution in [0, 0.1) is 0 Å². The molecule has 0 radical (unpaired) electrons. The number of carboxylic acid groups (broad SMARTS) is 1. The molecular weight excluding hydrogens is 162 g/mol. The average Bonchev–Trinajstić information content (AvgIpc) is 2.01. The molecule has 70 valence electrons. The smallest absolute Gasteiger partial charge is 0.407 e. The molecule has 0 saturated heterocycles. The number of alkyl carbamates (subject to hydrolysis) is 1. The van der Waals surface area contributed by atoms with Crippen LogP contribution in [0.4, 0.5) is 4.79 Å². The number of ether oxygens (including phenoxy) is 1. The van der Waals surface area contributed by atoms with E-state index in [1.54, 1.807) is 0 Å². The first kappa shape index (κ1) is 10.7. The third-order valence-electron chi connectivity index (χ3n) is 1.11. The van der Waals surface area contributed by atoms with Gasteiger partial charge >= 0.3 is 12.1 Å². The fraction of sp³-hybridized carbons (Fsp3) is 0.714. The van der Waals surface area contributed by atoms with Gasteiger partial charge in [-0.05, 0) is 6.42 Å². The SMILES string of the molecule is CCCCOC(=O)NCC(=O)O. The Morgan fingerprint density at radius 2 is 2.17 bits per heavy atom. The molecule has 0 bridgehead atoms. The van der Waals surface area contributed by atoms with Crippen LogP contribution in [-0.2, 0) is 9.53 Å². The van der Waals surface area contributed by atoms with E-state index in [4.69, 9.17) is 5.11 Å². The van der Waals surface area contributed by atoms with Gasteiger partial charge < -0.3 is 15.2 Å². The number of aliphatic carboxylic acids is 1. The summed E-state index contributed by atoms with van der Waals surface area (Å²) in [7, 11) is 0.